The SMILES string of the molecule is CC(C)S(=O)(=O)N[C@H]1CC[C@H](CNc2ccc(F)cc2)CC1. The van der Waals surface area contributed by atoms with Gasteiger partial charge in [-0.15, -0.1) is 0 Å². The van der Waals surface area contributed by atoms with Crippen LogP contribution in [0.25, 0.3) is 0 Å². The number of hydrogen-bond acceptors (Lipinski definition) is 3. The van der Waals surface area contributed by atoms with Crippen molar-refractivity contribution in [2.24, 2.45) is 5.92 Å². The van der Waals surface area contributed by atoms with Crippen molar-refractivity contribution in [3.05, 3.63) is 30.1 Å². The van der Waals surface area contributed by atoms with Gasteiger partial charge in [0, 0.05) is 18.3 Å². The van der Waals surface area contributed by atoms with Crippen LogP contribution in [0.1, 0.15) is 39.5 Å². The molecular formula is C16H25FN2O2S. The number of hydrogen-bond donors (Lipinski definition) is 2. The van der Waals surface area contributed by atoms with Crippen molar-refractivity contribution in [1.82, 2.24) is 4.72 Å². The van der Waals surface area contributed by atoms with Gasteiger partial charge in [0.1, 0.15) is 5.82 Å². The fourth-order valence-electron chi connectivity index (χ4n) is 2.68. The summed E-state index contributed by atoms with van der Waals surface area (Å²) in [6.07, 6.45) is 3.75. The molecule has 1 aromatic rings. The molecule has 0 aliphatic heterocycles. The molecule has 4 nitrogen and oxygen atoms in total. The largest absolute Gasteiger partial charge is 0.385 e. The molecule has 0 saturated heterocycles. The van der Waals surface area contributed by atoms with E-state index in [1.165, 1.54) is 12.1 Å². The first-order chi connectivity index (χ1) is 10.4. The minimum Gasteiger partial charge on any atom is -0.385 e. The highest BCUT2D eigenvalue weighted by atomic mass is 32.2. The molecule has 1 aliphatic rings. The number of benzene rings is 1. The molecule has 0 aromatic heterocycles. The van der Waals surface area contributed by atoms with Gasteiger partial charge in [-0.05, 0) is 69.7 Å². The van der Waals surface area contributed by atoms with Gasteiger partial charge in [0.15, 0.2) is 0 Å². The second-order valence-corrected chi connectivity index (χ2v) is 8.59. The first-order valence-electron chi connectivity index (χ1n) is 7.87. The van der Waals surface area contributed by atoms with Gasteiger partial charge in [-0.2, -0.15) is 0 Å². The third-order valence-corrected chi connectivity index (χ3v) is 6.14. The van der Waals surface area contributed by atoms with E-state index < -0.39 is 10.0 Å². The van der Waals surface area contributed by atoms with Gasteiger partial charge < -0.3 is 5.32 Å². The molecule has 0 spiro atoms. The van der Waals surface area contributed by atoms with Crippen molar-refractivity contribution >= 4 is 15.7 Å². The van der Waals surface area contributed by atoms with Crippen LogP contribution in [0.5, 0.6) is 0 Å². The lowest BCUT2D eigenvalue weighted by atomic mass is 9.86. The van der Waals surface area contributed by atoms with Crippen LogP contribution in [0, 0.1) is 11.7 Å². The average Bonchev–Trinajstić information content (AvgIpc) is 2.48. The van der Waals surface area contributed by atoms with E-state index in [1.807, 2.05) is 0 Å². The van der Waals surface area contributed by atoms with Crippen LogP contribution in [0.3, 0.4) is 0 Å². The maximum atomic E-state index is 12.8. The summed E-state index contributed by atoms with van der Waals surface area (Å²) < 4.78 is 39.4. The molecule has 2 rings (SSSR count). The predicted molar refractivity (Wildman–Crippen MR) is 87.8 cm³/mol. The molecule has 0 heterocycles. The van der Waals surface area contributed by atoms with Crippen molar-refractivity contribution in [2.75, 3.05) is 11.9 Å². The van der Waals surface area contributed by atoms with Crippen LogP contribution in [0.15, 0.2) is 24.3 Å². The average molecular weight is 328 g/mol. The van der Waals surface area contributed by atoms with Crippen LogP contribution in [-0.4, -0.2) is 26.3 Å². The smallest absolute Gasteiger partial charge is 0.214 e. The zero-order valence-electron chi connectivity index (χ0n) is 13.2. The molecule has 6 heteroatoms. The van der Waals surface area contributed by atoms with Gasteiger partial charge in [0.25, 0.3) is 0 Å². The Morgan fingerprint density at radius 3 is 2.27 bits per heavy atom. The predicted octanol–water partition coefficient (Wildman–Crippen LogP) is 3.12. The highest BCUT2D eigenvalue weighted by Gasteiger charge is 2.26. The maximum Gasteiger partial charge on any atom is 0.214 e. The molecule has 1 aliphatic carbocycles. The Morgan fingerprint density at radius 2 is 1.73 bits per heavy atom. The molecule has 0 atom stereocenters. The van der Waals surface area contributed by atoms with Gasteiger partial charge in [0.05, 0.1) is 5.25 Å². The molecule has 22 heavy (non-hydrogen) atoms. The molecule has 1 saturated carbocycles. The minimum absolute atomic E-state index is 0.0643. The molecule has 0 radical (unpaired) electrons. The number of nitrogens with one attached hydrogen (secondary N) is 2. The monoisotopic (exact) mass is 328 g/mol. The van der Waals surface area contributed by atoms with Crippen molar-refractivity contribution in [3.63, 3.8) is 0 Å². The van der Waals surface area contributed by atoms with E-state index in [2.05, 4.69) is 10.0 Å². The summed E-state index contributed by atoms with van der Waals surface area (Å²) in [5.41, 5.74) is 0.920. The summed E-state index contributed by atoms with van der Waals surface area (Å²) in [6, 6.07) is 6.42. The molecule has 1 aromatic carbocycles. The normalized spacial score (nSPS) is 22.7. The number of sulfonamides is 1. The topological polar surface area (TPSA) is 58.2 Å². The zero-order valence-corrected chi connectivity index (χ0v) is 14.0. The molecule has 124 valence electrons. The molecule has 1 fully saturated rings. The van der Waals surface area contributed by atoms with Crippen LogP contribution in [0.2, 0.25) is 0 Å². The Labute approximate surface area is 132 Å². The Kier molecular flexibility index (Phi) is 5.81. The highest BCUT2D eigenvalue weighted by molar-refractivity contribution is 7.90. The maximum absolute atomic E-state index is 12.8. The number of halogens is 1. The quantitative estimate of drug-likeness (QED) is 0.843. The summed E-state index contributed by atoms with van der Waals surface area (Å²) in [7, 11) is -3.18. The van der Waals surface area contributed by atoms with E-state index in [4.69, 9.17) is 0 Å². The second-order valence-electron chi connectivity index (χ2n) is 6.32. The zero-order chi connectivity index (χ0) is 16.2. The first kappa shape index (κ1) is 17.2. The van der Waals surface area contributed by atoms with Crippen LogP contribution in [-0.2, 0) is 10.0 Å². The van der Waals surface area contributed by atoms with E-state index in [0.29, 0.717) is 5.92 Å². The molecule has 0 amide bonds. The summed E-state index contributed by atoms with van der Waals surface area (Å²) in [5.74, 6) is 0.299. The lowest BCUT2D eigenvalue weighted by molar-refractivity contribution is 0.323. The van der Waals surface area contributed by atoms with Gasteiger partial charge >= 0.3 is 0 Å². The fraction of sp³-hybridized carbons (Fsp3) is 0.625. The van der Waals surface area contributed by atoms with Crippen molar-refractivity contribution in [3.8, 4) is 0 Å². The summed E-state index contributed by atoms with van der Waals surface area (Å²) in [5, 5.41) is 2.93. The standard InChI is InChI=1S/C16H25FN2O2S/c1-12(2)22(20,21)19-16-7-3-13(4-8-16)11-18-15-9-5-14(17)6-10-15/h5-6,9-10,12-13,16,18-19H,3-4,7-8,11H2,1-2H3/t13-,16-. The summed E-state index contributed by atoms with van der Waals surface area (Å²) in [4.78, 5) is 0. The fourth-order valence-corrected chi connectivity index (χ4v) is 3.66. The molecule has 0 unspecified atom stereocenters. The van der Waals surface area contributed by atoms with Crippen LogP contribution in [0.4, 0.5) is 10.1 Å². The van der Waals surface area contributed by atoms with Crippen molar-refractivity contribution in [1.29, 1.82) is 0 Å². The van der Waals surface area contributed by atoms with E-state index in [-0.39, 0.29) is 17.1 Å². The van der Waals surface area contributed by atoms with Gasteiger partial charge in [-0.3, -0.25) is 0 Å². The summed E-state index contributed by atoms with van der Waals surface area (Å²) >= 11 is 0. The number of rotatable bonds is 6. The lowest BCUT2D eigenvalue weighted by Crippen LogP contribution is -2.41. The second kappa shape index (κ2) is 7.42. The van der Waals surface area contributed by atoms with E-state index >= 15 is 0 Å². The Bertz CT molecular complexity index is 564. The molecular weight excluding hydrogens is 303 g/mol. The van der Waals surface area contributed by atoms with Crippen LogP contribution < -0.4 is 10.0 Å². The Balaban J connectivity index is 1.74. The van der Waals surface area contributed by atoms with E-state index in [9.17, 15) is 12.8 Å². The first-order valence-corrected chi connectivity index (χ1v) is 9.42. The van der Waals surface area contributed by atoms with Gasteiger partial charge in [-0.25, -0.2) is 17.5 Å². The van der Waals surface area contributed by atoms with E-state index in [0.717, 1.165) is 37.9 Å². The summed E-state index contributed by atoms with van der Waals surface area (Å²) in [6.45, 7) is 4.23. The third-order valence-electron chi connectivity index (χ3n) is 4.24. The van der Waals surface area contributed by atoms with Gasteiger partial charge in [-0.1, -0.05) is 0 Å². The third kappa shape index (κ3) is 4.95. The molecule has 0 bridgehead atoms. The number of anilines is 1. The minimum atomic E-state index is -3.18. The Morgan fingerprint density at radius 1 is 1.14 bits per heavy atom. The Hall–Kier alpha value is -1.14. The lowest BCUT2D eigenvalue weighted by Gasteiger charge is -2.29. The van der Waals surface area contributed by atoms with Crippen LogP contribution >= 0.6 is 0 Å². The molecule has 2 N–H and O–H groups in total. The van der Waals surface area contributed by atoms with Crippen molar-refractivity contribution < 1.29 is 12.8 Å². The highest BCUT2D eigenvalue weighted by Crippen LogP contribution is 2.25. The van der Waals surface area contributed by atoms with Crippen molar-refractivity contribution in [2.45, 2.75) is 50.8 Å². The van der Waals surface area contributed by atoms with Gasteiger partial charge in [0.2, 0.25) is 10.0 Å². The van der Waals surface area contributed by atoms with E-state index in [1.54, 1.807) is 26.0 Å².